The highest BCUT2D eigenvalue weighted by Crippen LogP contribution is 2.28. The van der Waals surface area contributed by atoms with E-state index < -0.39 is 0 Å². The fourth-order valence-corrected chi connectivity index (χ4v) is 3.08. The molecule has 0 fully saturated rings. The number of nitrogens with zero attached hydrogens (tertiary/aromatic N) is 4. The summed E-state index contributed by atoms with van der Waals surface area (Å²) in [5.41, 5.74) is 9.43. The number of rotatable bonds is 7. The minimum Gasteiger partial charge on any atom is -0.405 e. The van der Waals surface area contributed by atoms with Crippen LogP contribution in [0.1, 0.15) is 22.8 Å². The monoisotopic (exact) mass is 434 g/mol. The van der Waals surface area contributed by atoms with Gasteiger partial charge in [0.1, 0.15) is 5.52 Å². The topological polar surface area (TPSA) is 134 Å². The molecule has 0 radical (unpaired) electrons. The van der Waals surface area contributed by atoms with Crippen LogP contribution >= 0.6 is 0 Å². The van der Waals surface area contributed by atoms with Crippen LogP contribution in [0.3, 0.4) is 0 Å². The zero-order valence-corrected chi connectivity index (χ0v) is 18.2. The van der Waals surface area contributed by atoms with Crippen LogP contribution in [0.2, 0.25) is 0 Å². The number of carbonyl (C=O) groups is 2. The van der Waals surface area contributed by atoms with Crippen molar-refractivity contribution in [3.05, 3.63) is 66.7 Å². The Morgan fingerprint density at radius 2 is 2.09 bits per heavy atom. The van der Waals surface area contributed by atoms with Crippen LogP contribution in [0.4, 0.5) is 10.7 Å². The zero-order chi connectivity index (χ0) is 23.3. The predicted molar refractivity (Wildman–Crippen MR) is 125 cm³/mol. The van der Waals surface area contributed by atoms with Crippen molar-refractivity contribution in [2.45, 2.75) is 6.92 Å². The molecule has 3 amide bonds. The van der Waals surface area contributed by atoms with Gasteiger partial charge in [0, 0.05) is 26.8 Å². The molecule has 3 rings (SSSR count). The zero-order valence-electron chi connectivity index (χ0n) is 18.2. The van der Waals surface area contributed by atoms with Gasteiger partial charge >= 0.3 is 6.03 Å². The Balaban J connectivity index is 2.17. The molecule has 0 aliphatic heterocycles. The maximum atomic E-state index is 12.3. The fourth-order valence-electron chi connectivity index (χ4n) is 3.08. The van der Waals surface area contributed by atoms with Crippen LogP contribution in [0.5, 0.6) is 0 Å². The number of hydrogen-bond acceptors (Lipinski definition) is 5. The second-order valence-electron chi connectivity index (χ2n) is 7.05. The molecule has 0 aliphatic rings. The van der Waals surface area contributed by atoms with Crippen molar-refractivity contribution in [3.8, 4) is 5.69 Å². The van der Waals surface area contributed by atoms with Gasteiger partial charge < -0.3 is 20.9 Å². The van der Waals surface area contributed by atoms with Gasteiger partial charge in [-0.15, -0.1) is 0 Å². The lowest BCUT2D eigenvalue weighted by molar-refractivity contribution is 0.0827. The molecule has 166 valence electrons. The van der Waals surface area contributed by atoms with E-state index in [0.29, 0.717) is 28.8 Å². The number of carbonyl (C=O) groups excluding carboxylic acids is 2. The summed E-state index contributed by atoms with van der Waals surface area (Å²) < 4.78 is 1.58. The maximum Gasteiger partial charge on any atom is 0.321 e. The molecule has 10 nitrogen and oxygen atoms in total. The van der Waals surface area contributed by atoms with Gasteiger partial charge in [-0.1, -0.05) is 18.7 Å². The minimum atomic E-state index is -0.369. The molecule has 0 atom stereocenters. The van der Waals surface area contributed by atoms with Crippen LogP contribution in [0.25, 0.3) is 22.3 Å². The van der Waals surface area contributed by atoms with Crippen molar-refractivity contribution in [1.29, 1.82) is 0 Å². The van der Waals surface area contributed by atoms with Crippen LogP contribution in [0, 0.1) is 0 Å². The van der Waals surface area contributed by atoms with Gasteiger partial charge in [0.15, 0.2) is 0 Å². The Kier molecular flexibility index (Phi) is 6.74. The van der Waals surface area contributed by atoms with Gasteiger partial charge in [0.2, 0.25) is 5.95 Å². The van der Waals surface area contributed by atoms with E-state index in [4.69, 9.17) is 5.73 Å². The van der Waals surface area contributed by atoms with Gasteiger partial charge in [-0.2, -0.15) is 5.10 Å². The number of H-pyrrole nitrogens is 1. The third kappa shape index (κ3) is 4.69. The molecule has 1 aromatic carbocycles. The Labute approximate surface area is 185 Å². The normalized spacial score (nSPS) is 11.7. The molecule has 10 heteroatoms. The Morgan fingerprint density at radius 3 is 2.75 bits per heavy atom. The first-order valence-electron chi connectivity index (χ1n) is 9.94. The quantitative estimate of drug-likeness (QED) is 0.424. The molecule has 5 N–H and O–H groups in total. The third-order valence-corrected chi connectivity index (χ3v) is 4.56. The number of benzene rings is 1. The highest BCUT2D eigenvalue weighted by atomic mass is 16.2. The molecule has 0 bridgehead atoms. The molecule has 0 aliphatic carbocycles. The number of amides is 3. The first-order valence-corrected chi connectivity index (χ1v) is 9.94. The molecule has 0 unspecified atom stereocenters. The standard InChI is InChI=1S/C22H26N8O2/c1-5-14(8-7-9-23)15-10-17-19(27-21(26-17)28-22(32)24-6-2)18(11-15)30-13-16(12-25-30)20(31)29(3)4/h5,7-13H,1,6,23H2,2-4H3,(H3,24,26,27,28,32)/b9-7-,14-8+. The van der Waals surface area contributed by atoms with E-state index in [2.05, 4.69) is 32.3 Å². The van der Waals surface area contributed by atoms with Crippen molar-refractivity contribution < 1.29 is 9.59 Å². The van der Waals surface area contributed by atoms with Crippen molar-refractivity contribution in [2.24, 2.45) is 5.73 Å². The summed E-state index contributed by atoms with van der Waals surface area (Å²) in [4.78, 5) is 33.4. The highest BCUT2D eigenvalue weighted by Gasteiger charge is 2.17. The Bertz CT molecular complexity index is 1220. The summed E-state index contributed by atoms with van der Waals surface area (Å²) in [6, 6.07) is 3.40. The fraction of sp³-hybridized carbons (Fsp3) is 0.182. The molecule has 32 heavy (non-hydrogen) atoms. The molecule has 2 heterocycles. The number of nitrogens with one attached hydrogen (secondary N) is 3. The molecule has 0 saturated carbocycles. The van der Waals surface area contributed by atoms with Gasteiger partial charge in [0.05, 0.1) is 23.0 Å². The Morgan fingerprint density at radius 1 is 1.31 bits per heavy atom. The van der Waals surface area contributed by atoms with Crippen LogP contribution in [0.15, 0.2) is 55.5 Å². The molecule has 2 aromatic heterocycles. The van der Waals surface area contributed by atoms with Crippen molar-refractivity contribution in [1.82, 2.24) is 30.0 Å². The van der Waals surface area contributed by atoms with E-state index in [1.54, 1.807) is 37.1 Å². The molecular formula is C22H26N8O2. The lowest BCUT2D eigenvalue weighted by Crippen LogP contribution is -2.28. The van der Waals surface area contributed by atoms with Gasteiger partial charge in [0.25, 0.3) is 5.91 Å². The van der Waals surface area contributed by atoms with Gasteiger partial charge in [-0.25, -0.2) is 14.5 Å². The van der Waals surface area contributed by atoms with Crippen molar-refractivity contribution >= 4 is 34.5 Å². The third-order valence-electron chi connectivity index (χ3n) is 4.56. The summed E-state index contributed by atoms with van der Waals surface area (Å²) in [5, 5.41) is 9.70. The number of nitrogens with two attached hydrogens (primary N) is 1. The number of hydrogen-bond donors (Lipinski definition) is 4. The second kappa shape index (κ2) is 9.65. The van der Waals surface area contributed by atoms with E-state index in [0.717, 1.165) is 11.1 Å². The number of fused-ring (bicyclic) bond motifs is 1. The lowest BCUT2D eigenvalue weighted by Gasteiger charge is -2.09. The maximum absolute atomic E-state index is 12.3. The van der Waals surface area contributed by atoms with Crippen LogP contribution in [-0.4, -0.2) is 57.2 Å². The first-order chi connectivity index (χ1) is 15.4. The van der Waals surface area contributed by atoms with E-state index in [-0.39, 0.29) is 17.9 Å². The second-order valence-corrected chi connectivity index (χ2v) is 7.05. The van der Waals surface area contributed by atoms with Crippen LogP contribution in [-0.2, 0) is 0 Å². The van der Waals surface area contributed by atoms with E-state index >= 15 is 0 Å². The SMILES string of the molecule is C=C/C(=C\C=C/N)c1cc(-n2cc(C(=O)N(C)C)cn2)c2nc(NC(=O)NCC)[nH]c2c1. The summed E-state index contributed by atoms with van der Waals surface area (Å²) >= 11 is 0. The number of allylic oxidation sites excluding steroid dienone is 4. The summed E-state index contributed by atoms with van der Waals surface area (Å²) in [6.45, 7) is 6.19. The van der Waals surface area contributed by atoms with Gasteiger partial charge in [-0.05, 0) is 42.5 Å². The number of aromatic amines is 1. The van der Waals surface area contributed by atoms with E-state index in [9.17, 15) is 9.59 Å². The number of anilines is 1. The van der Waals surface area contributed by atoms with Gasteiger partial charge in [-0.3, -0.25) is 10.1 Å². The number of urea groups is 1. The Hall–Kier alpha value is -4.34. The summed E-state index contributed by atoms with van der Waals surface area (Å²) in [5.74, 6) is 0.121. The predicted octanol–water partition coefficient (Wildman–Crippen LogP) is 2.63. The molecular weight excluding hydrogens is 408 g/mol. The minimum absolute atomic E-state index is 0.163. The van der Waals surface area contributed by atoms with Crippen molar-refractivity contribution in [2.75, 3.05) is 26.0 Å². The largest absolute Gasteiger partial charge is 0.405 e. The summed E-state index contributed by atoms with van der Waals surface area (Å²) in [6.07, 6.45) is 9.82. The first kappa shape index (κ1) is 22.3. The average Bonchev–Trinajstić information content (AvgIpc) is 3.40. The molecule has 0 saturated heterocycles. The molecule has 3 aromatic rings. The number of imidazole rings is 1. The number of aromatic nitrogens is 4. The summed E-state index contributed by atoms with van der Waals surface area (Å²) in [7, 11) is 3.36. The highest BCUT2D eigenvalue weighted by molar-refractivity contribution is 5.95. The smallest absolute Gasteiger partial charge is 0.321 e. The lowest BCUT2D eigenvalue weighted by atomic mass is 10.0. The van der Waals surface area contributed by atoms with E-state index in [1.807, 2.05) is 25.1 Å². The van der Waals surface area contributed by atoms with Crippen LogP contribution < -0.4 is 16.4 Å². The van der Waals surface area contributed by atoms with Crippen molar-refractivity contribution in [3.63, 3.8) is 0 Å². The van der Waals surface area contributed by atoms with E-state index in [1.165, 1.54) is 17.3 Å². The average molecular weight is 435 g/mol. The molecule has 0 spiro atoms.